The number of nitro groups is 1. The zero-order valence-corrected chi connectivity index (χ0v) is 8.11. The summed E-state index contributed by atoms with van der Waals surface area (Å²) in [5.74, 6) is -1.61. The molecule has 0 fully saturated rings. The fourth-order valence-electron chi connectivity index (χ4n) is 1.09. The van der Waals surface area contributed by atoms with Crippen LogP contribution < -0.4 is 0 Å². The first-order valence-electron chi connectivity index (χ1n) is 4.00. The molecular weight excluding hydrogens is 205 g/mol. The maximum Gasteiger partial charge on any atom is 0.338 e. The van der Waals surface area contributed by atoms with Gasteiger partial charge >= 0.3 is 5.97 Å². The van der Waals surface area contributed by atoms with Gasteiger partial charge in [0, 0.05) is 6.07 Å². The van der Waals surface area contributed by atoms with E-state index in [1.165, 1.54) is 6.92 Å². The van der Waals surface area contributed by atoms with Crippen molar-refractivity contribution in [1.82, 2.24) is 0 Å². The summed E-state index contributed by atoms with van der Waals surface area (Å²) in [6.07, 6.45) is 0. The maximum absolute atomic E-state index is 13.2. The summed E-state index contributed by atoms with van der Waals surface area (Å²) >= 11 is 0. The van der Waals surface area contributed by atoms with Crippen molar-refractivity contribution in [3.8, 4) is 0 Å². The number of esters is 1. The predicted octanol–water partition coefficient (Wildman–Crippen LogP) is 1.83. The summed E-state index contributed by atoms with van der Waals surface area (Å²) in [5.41, 5.74) is -0.713. The third kappa shape index (κ3) is 2.09. The normalized spacial score (nSPS) is 9.80. The number of nitrogens with zero attached hydrogens (tertiary/aromatic N) is 1. The second-order valence-corrected chi connectivity index (χ2v) is 2.85. The third-order valence-corrected chi connectivity index (χ3v) is 1.93. The van der Waals surface area contributed by atoms with Gasteiger partial charge in [0.1, 0.15) is 5.82 Å². The van der Waals surface area contributed by atoms with Gasteiger partial charge in [-0.15, -0.1) is 0 Å². The van der Waals surface area contributed by atoms with Crippen LogP contribution in [-0.4, -0.2) is 18.0 Å². The molecule has 15 heavy (non-hydrogen) atoms. The minimum Gasteiger partial charge on any atom is -0.465 e. The van der Waals surface area contributed by atoms with E-state index >= 15 is 0 Å². The first-order chi connectivity index (χ1) is 6.97. The molecule has 0 aromatic heterocycles. The number of hydrogen-bond donors (Lipinski definition) is 0. The Morgan fingerprint density at radius 3 is 2.60 bits per heavy atom. The second-order valence-electron chi connectivity index (χ2n) is 2.85. The topological polar surface area (TPSA) is 69.4 Å². The van der Waals surface area contributed by atoms with Crippen LogP contribution in [0, 0.1) is 22.9 Å². The Kier molecular flexibility index (Phi) is 2.99. The SMILES string of the molecule is COC(=O)c1cc(F)c(C)c([N+](=O)[O-])c1. The van der Waals surface area contributed by atoms with Gasteiger partial charge in [-0.05, 0) is 13.0 Å². The van der Waals surface area contributed by atoms with Crippen molar-refractivity contribution in [3.63, 3.8) is 0 Å². The Labute approximate surface area is 84.6 Å². The lowest BCUT2D eigenvalue weighted by atomic mass is 10.1. The van der Waals surface area contributed by atoms with Crippen molar-refractivity contribution in [3.05, 3.63) is 39.2 Å². The Bertz CT molecular complexity index is 430. The molecule has 0 aliphatic rings. The smallest absolute Gasteiger partial charge is 0.338 e. The molecule has 80 valence electrons. The standard InChI is InChI=1S/C9H8FNO4/c1-5-7(10)3-6(9(12)15-2)4-8(5)11(13)14/h3-4H,1-2H3. The molecule has 1 aromatic rings. The van der Waals surface area contributed by atoms with E-state index in [0.29, 0.717) is 0 Å². The molecule has 1 aromatic carbocycles. The van der Waals surface area contributed by atoms with Crippen LogP contribution in [0.4, 0.5) is 10.1 Å². The van der Waals surface area contributed by atoms with Gasteiger partial charge < -0.3 is 4.74 Å². The Balaban J connectivity index is 3.35. The number of ether oxygens (including phenoxy) is 1. The third-order valence-electron chi connectivity index (χ3n) is 1.93. The molecule has 5 nitrogen and oxygen atoms in total. The van der Waals surface area contributed by atoms with Crippen molar-refractivity contribution in [2.24, 2.45) is 0 Å². The summed E-state index contributed by atoms with van der Waals surface area (Å²) < 4.78 is 17.5. The number of benzene rings is 1. The minimum absolute atomic E-state index is 0.104. The average molecular weight is 213 g/mol. The van der Waals surface area contributed by atoms with Crippen LogP contribution in [-0.2, 0) is 4.74 Å². The molecule has 0 atom stereocenters. The van der Waals surface area contributed by atoms with E-state index in [-0.39, 0.29) is 11.1 Å². The Morgan fingerprint density at radius 1 is 1.53 bits per heavy atom. The highest BCUT2D eigenvalue weighted by molar-refractivity contribution is 5.90. The van der Waals surface area contributed by atoms with E-state index in [1.54, 1.807) is 0 Å². The molecule has 0 spiro atoms. The van der Waals surface area contributed by atoms with E-state index in [2.05, 4.69) is 4.74 Å². The molecule has 1 rings (SSSR count). The number of nitro benzene ring substituents is 1. The van der Waals surface area contributed by atoms with Gasteiger partial charge in [-0.2, -0.15) is 0 Å². The second kappa shape index (κ2) is 4.04. The van der Waals surface area contributed by atoms with Crippen LogP contribution in [0.5, 0.6) is 0 Å². The van der Waals surface area contributed by atoms with Crippen LogP contribution in [0.1, 0.15) is 15.9 Å². The van der Waals surface area contributed by atoms with E-state index in [9.17, 15) is 19.3 Å². The number of methoxy groups -OCH3 is 1. The fourth-order valence-corrected chi connectivity index (χ4v) is 1.09. The van der Waals surface area contributed by atoms with Crippen LogP contribution in [0.25, 0.3) is 0 Å². The summed E-state index contributed by atoms with van der Waals surface area (Å²) in [4.78, 5) is 20.8. The highest BCUT2D eigenvalue weighted by Crippen LogP contribution is 2.22. The lowest BCUT2D eigenvalue weighted by Gasteiger charge is -2.02. The number of hydrogen-bond acceptors (Lipinski definition) is 4. The van der Waals surface area contributed by atoms with Gasteiger partial charge in [-0.1, -0.05) is 0 Å². The molecule has 0 unspecified atom stereocenters. The first-order valence-corrected chi connectivity index (χ1v) is 4.00. The molecule has 6 heteroatoms. The summed E-state index contributed by atoms with van der Waals surface area (Å²) in [6, 6.07) is 1.90. The Hall–Kier alpha value is -1.98. The van der Waals surface area contributed by atoms with Crippen molar-refractivity contribution in [1.29, 1.82) is 0 Å². The van der Waals surface area contributed by atoms with Gasteiger partial charge in [0.2, 0.25) is 0 Å². The number of halogens is 1. The average Bonchev–Trinajstić information content (AvgIpc) is 2.20. The summed E-state index contributed by atoms with van der Waals surface area (Å²) in [6.45, 7) is 1.27. The van der Waals surface area contributed by atoms with Gasteiger partial charge in [-0.3, -0.25) is 10.1 Å². The zero-order chi connectivity index (χ0) is 11.6. The summed E-state index contributed by atoms with van der Waals surface area (Å²) in [7, 11) is 1.12. The largest absolute Gasteiger partial charge is 0.465 e. The fraction of sp³-hybridized carbons (Fsp3) is 0.222. The number of carbonyl (C=O) groups is 1. The highest BCUT2D eigenvalue weighted by atomic mass is 19.1. The van der Waals surface area contributed by atoms with Crippen LogP contribution in [0.3, 0.4) is 0 Å². The number of carbonyl (C=O) groups excluding carboxylic acids is 1. The maximum atomic E-state index is 13.2. The van der Waals surface area contributed by atoms with Crippen molar-refractivity contribution < 1.29 is 18.8 Å². The predicted molar refractivity (Wildman–Crippen MR) is 49.1 cm³/mol. The molecule has 0 aliphatic carbocycles. The molecule has 0 radical (unpaired) electrons. The van der Waals surface area contributed by atoms with Gasteiger partial charge in [0.25, 0.3) is 5.69 Å². The quantitative estimate of drug-likeness (QED) is 0.427. The molecule has 0 bridgehead atoms. The number of rotatable bonds is 2. The minimum atomic E-state index is -0.808. The van der Waals surface area contributed by atoms with E-state index in [4.69, 9.17) is 0 Å². The van der Waals surface area contributed by atoms with Crippen molar-refractivity contribution in [2.45, 2.75) is 6.92 Å². The monoisotopic (exact) mass is 213 g/mol. The molecule has 0 aliphatic heterocycles. The van der Waals surface area contributed by atoms with Crippen LogP contribution in [0.15, 0.2) is 12.1 Å². The van der Waals surface area contributed by atoms with Crippen molar-refractivity contribution >= 4 is 11.7 Å². The van der Waals surface area contributed by atoms with Crippen molar-refractivity contribution in [2.75, 3.05) is 7.11 Å². The molecule has 0 heterocycles. The Morgan fingerprint density at radius 2 is 2.13 bits per heavy atom. The molecule has 0 saturated carbocycles. The van der Waals surface area contributed by atoms with Crippen LogP contribution >= 0.6 is 0 Å². The highest BCUT2D eigenvalue weighted by Gasteiger charge is 2.19. The zero-order valence-electron chi connectivity index (χ0n) is 8.11. The van der Waals surface area contributed by atoms with E-state index in [0.717, 1.165) is 19.2 Å². The van der Waals surface area contributed by atoms with Crippen LogP contribution in [0.2, 0.25) is 0 Å². The molecule has 0 saturated heterocycles. The van der Waals surface area contributed by atoms with Gasteiger partial charge in [0.05, 0.1) is 23.2 Å². The molecule has 0 N–H and O–H groups in total. The van der Waals surface area contributed by atoms with Gasteiger partial charge in [0.15, 0.2) is 0 Å². The summed E-state index contributed by atoms with van der Waals surface area (Å²) in [5, 5.41) is 10.5. The first kappa shape index (κ1) is 11.1. The van der Waals surface area contributed by atoms with Gasteiger partial charge in [-0.25, -0.2) is 9.18 Å². The lowest BCUT2D eigenvalue weighted by molar-refractivity contribution is -0.385. The van der Waals surface area contributed by atoms with E-state index < -0.39 is 22.4 Å². The lowest BCUT2D eigenvalue weighted by Crippen LogP contribution is -2.04. The van der Waals surface area contributed by atoms with E-state index in [1.807, 2.05) is 0 Å². The molecule has 0 amide bonds. The molecular formula is C9H8FNO4.